The quantitative estimate of drug-likeness (QED) is 0.0414. The lowest BCUT2D eigenvalue weighted by Gasteiger charge is -2.10. The molecule has 0 aliphatic rings. The fourth-order valence-corrected chi connectivity index (χ4v) is 17.3. The highest BCUT2D eigenvalue weighted by Crippen LogP contribution is 2.43. The maximum absolute atomic E-state index is 13.2. The predicted molar refractivity (Wildman–Crippen MR) is 507 cm³/mol. The van der Waals surface area contributed by atoms with Crippen molar-refractivity contribution in [2.45, 2.75) is 69.8 Å². The van der Waals surface area contributed by atoms with Crippen LogP contribution in [0, 0.1) is 10.1 Å². The van der Waals surface area contributed by atoms with Gasteiger partial charge in [-0.1, -0.05) is 66.7 Å². The van der Waals surface area contributed by atoms with Gasteiger partial charge in [0, 0.05) is 134 Å². The molecule has 0 saturated heterocycles. The number of alkyl halides is 21. The summed E-state index contributed by atoms with van der Waals surface area (Å²) in [6.07, 6.45) is -31.9. The summed E-state index contributed by atoms with van der Waals surface area (Å²) in [5.41, 5.74) is -2.30. The van der Waals surface area contributed by atoms with Crippen molar-refractivity contribution in [2.75, 3.05) is 84.6 Å². The third-order valence-electron chi connectivity index (χ3n) is 20.5. The second-order valence-electron chi connectivity index (χ2n) is 32.7. The van der Waals surface area contributed by atoms with E-state index in [1.165, 1.54) is 107 Å². The lowest BCUT2D eigenvalue weighted by molar-refractivity contribution is -0.384. The van der Waals surface area contributed by atoms with Crippen LogP contribution in [0.15, 0.2) is 212 Å². The number of aryl methyl sites for hydroxylation is 3. The number of amides is 6. The third-order valence-corrected chi connectivity index (χ3v) is 24.9. The number of benzene rings is 5. The van der Waals surface area contributed by atoms with Crippen LogP contribution in [0.4, 0.5) is 97.9 Å². The Balaban J connectivity index is 0.000000182. The molecule has 780 valence electrons. The molecule has 6 amide bonds. The molecule has 10 heterocycles. The van der Waals surface area contributed by atoms with Gasteiger partial charge >= 0.3 is 43.2 Å². The molecular formula is C95H86F21N19O8S4. The van der Waals surface area contributed by atoms with Crippen LogP contribution in [0.1, 0.15) is 117 Å². The number of hydrogen-bond acceptors (Lipinski definition) is 18. The van der Waals surface area contributed by atoms with Crippen molar-refractivity contribution in [3.05, 3.63) is 304 Å². The van der Waals surface area contributed by atoms with Crippen LogP contribution in [0.3, 0.4) is 0 Å². The topological polar surface area (TPSA) is 272 Å². The van der Waals surface area contributed by atoms with Crippen molar-refractivity contribution in [2.24, 2.45) is 14.1 Å². The number of non-ortho nitro benzene ring substituents is 1. The Morgan fingerprint density at radius 1 is 0.320 bits per heavy atom. The molecule has 0 aliphatic heterocycles. The summed E-state index contributed by atoms with van der Waals surface area (Å²) in [7, 11) is 21.9. The van der Waals surface area contributed by atoms with E-state index in [4.69, 9.17) is 0 Å². The lowest BCUT2D eigenvalue weighted by Crippen LogP contribution is -2.21. The summed E-state index contributed by atoms with van der Waals surface area (Å²) in [5.74, 6) is -1.29. The minimum absolute atomic E-state index is 0.0579. The van der Waals surface area contributed by atoms with Crippen LogP contribution in [-0.4, -0.2) is 213 Å². The molecule has 0 bridgehead atoms. The summed E-state index contributed by atoms with van der Waals surface area (Å²) in [6.45, 7) is 1.64. The van der Waals surface area contributed by atoms with Crippen molar-refractivity contribution in [3.63, 3.8) is 0 Å². The van der Waals surface area contributed by atoms with Gasteiger partial charge in [0.05, 0.1) is 96.8 Å². The molecule has 10 aromatic heterocycles. The number of carbonyl (C=O) groups is 6. The van der Waals surface area contributed by atoms with E-state index in [1.54, 1.807) is 170 Å². The highest BCUT2D eigenvalue weighted by molar-refractivity contribution is 7.18. The average Bonchev–Trinajstić information content (AvgIpc) is 1.92. The second kappa shape index (κ2) is 46.1. The highest BCUT2D eigenvalue weighted by Gasteiger charge is 2.42. The molecule has 0 aliphatic carbocycles. The summed E-state index contributed by atoms with van der Waals surface area (Å²) >= 11 is 4.30. The van der Waals surface area contributed by atoms with Crippen molar-refractivity contribution in [3.8, 4) is 70.5 Å². The van der Waals surface area contributed by atoms with Gasteiger partial charge < -0.3 is 29.4 Å². The minimum Gasteiger partial charge on any atom is -0.345 e. The van der Waals surface area contributed by atoms with E-state index in [0.29, 0.717) is 72.7 Å². The molecule has 0 unspecified atom stereocenters. The van der Waals surface area contributed by atoms with E-state index in [1.807, 2.05) is 30.3 Å². The largest absolute Gasteiger partial charge is 0.435 e. The number of rotatable bonds is 19. The Morgan fingerprint density at radius 2 is 0.680 bits per heavy atom. The molecule has 0 spiro atoms. The first-order valence-electron chi connectivity index (χ1n) is 42.5. The summed E-state index contributed by atoms with van der Waals surface area (Å²) in [5, 5.41) is 33.0. The lowest BCUT2D eigenvalue weighted by atomic mass is 10.1. The molecule has 5 aromatic carbocycles. The number of thiophene rings is 4. The normalized spacial score (nSPS) is 11.7. The fourth-order valence-electron chi connectivity index (χ4n) is 13.2. The third kappa shape index (κ3) is 29.2. The standard InChI is InChI=1S/C19H15F6N3OS.C18H16F3N3OS.C17H13F3N4O3S.2C14H14F3N3O.C13H14F3N3OS/c1-27(2)17(29)15-7-6-14(30-15)13-9-16(19(23,24)25)26-28(13)10-11-4-3-5-12(8-11)18(20,21)22;1-23(2)17(25)15-9-8-14(26-15)13-10-16(18(19,20)21)22-24(13)11-12-6-4-3-5-7-12;1-22(2)16(25)14-8-7-13(28-14)12-9-15(17(18,19)20)21-23(12)10-3-5-11(6-4-10)24(26)27;1-19(2)13(21)10-6-4-9(5-7-10)11-8-12(14(15,16)17)18-20(11)3;1-19(2)13(21)10-6-4-9(5-7-10)11-8-12(14(15,16)17)20(3)18-11;1-4-19-11(13(14,15)16)7-8(17-19)9-5-6-10(21-9)12(20)18(2)3/h3-9H,10H2,1-2H3;3-10H,11H2,1-2H3;3-9H,1-2H3;2*4-8H,1-3H3;5-7H,4H2,1-3H3. The van der Waals surface area contributed by atoms with Crippen molar-refractivity contribution < 1.29 is 126 Å². The van der Waals surface area contributed by atoms with Gasteiger partial charge in [0.1, 0.15) is 17.1 Å². The van der Waals surface area contributed by atoms with Crippen molar-refractivity contribution in [1.82, 2.24) is 88.1 Å². The Kier molecular flexibility index (Phi) is 35.7. The van der Waals surface area contributed by atoms with E-state index >= 15 is 0 Å². The average molecular weight is 2150 g/mol. The Labute approximate surface area is 838 Å². The minimum atomic E-state index is -4.73. The first-order valence-corrected chi connectivity index (χ1v) is 45.8. The van der Waals surface area contributed by atoms with E-state index in [9.17, 15) is 131 Å². The van der Waals surface area contributed by atoms with Gasteiger partial charge in [-0.15, -0.1) is 45.3 Å². The number of nitro groups is 1. The predicted octanol–water partition coefficient (Wildman–Crippen LogP) is 23.0. The Bertz CT molecular complexity index is 7150. The Hall–Kier alpha value is -15.1. The zero-order valence-corrected chi connectivity index (χ0v) is 82.9. The molecule has 52 heteroatoms. The molecule has 0 saturated carbocycles. The number of halogens is 21. The van der Waals surface area contributed by atoms with Gasteiger partial charge in [-0.3, -0.25) is 62.3 Å². The molecule has 15 rings (SSSR count). The molecule has 147 heavy (non-hydrogen) atoms. The van der Waals surface area contributed by atoms with E-state index in [0.717, 1.165) is 118 Å². The number of aromatic nitrogens is 12. The molecule has 0 atom stereocenters. The molecule has 0 radical (unpaired) electrons. The maximum Gasteiger partial charge on any atom is 0.435 e. The Morgan fingerprint density at radius 3 is 1.05 bits per heavy atom. The molecule has 0 fully saturated rings. The molecule has 0 N–H and O–H groups in total. The SMILES string of the molecule is CCn1nc(-c2ccc(C(=O)N(C)C)s2)cc1C(F)(F)F.CN(C)C(=O)c1ccc(-c2cc(C(F)(F)F)n(C)n2)cc1.CN(C)C(=O)c1ccc(-c2cc(C(F)(F)F)nn2-c2ccc([N+](=O)[O-])cc2)s1.CN(C)C(=O)c1ccc(-c2cc(C(F)(F)F)nn2C)cc1.CN(C)C(=O)c1ccc(-c2cc(C(F)(F)F)nn2Cc2cccc(C(F)(F)F)c2)s1.CN(C)C(=O)c1ccc(-c2cc(C(F)(F)F)nn2Cc2ccccc2)s1. The number of hydrogen-bond donors (Lipinski definition) is 0. The van der Waals surface area contributed by atoms with Gasteiger partial charge in [-0.25, -0.2) is 4.68 Å². The van der Waals surface area contributed by atoms with Gasteiger partial charge in [0.15, 0.2) is 22.8 Å². The van der Waals surface area contributed by atoms with Crippen LogP contribution >= 0.6 is 45.3 Å². The second-order valence-corrected chi connectivity index (χ2v) is 37.1. The van der Waals surface area contributed by atoms with Crippen LogP contribution in [0.2, 0.25) is 0 Å². The van der Waals surface area contributed by atoms with E-state index in [-0.39, 0.29) is 94.8 Å². The van der Waals surface area contributed by atoms with Crippen molar-refractivity contribution in [1.29, 1.82) is 0 Å². The van der Waals surface area contributed by atoms with Crippen molar-refractivity contribution >= 4 is 86.5 Å². The van der Waals surface area contributed by atoms with E-state index < -0.39 is 87.9 Å². The summed E-state index contributed by atoms with van der Waals surface area (Å²) in [4.78, 5) is 93.6. The maximum atomic E-state index is 13.2. The zero-order valence-electron chi connectivity index (χ0n) is 79.7. The molecule has 27 nitrogen and oxygen atoms in total. The zero-order chi connectivity index (χ0) is 109. The first kappa shape index (κ1) is 114. The van der Waals surface area contributed by atoms with Crippen LogP contribution in [-0.2, 0) is 77.0 Å². The summed E-state index contributed by atoms with van der Waals surface area (Å²) in [6, 6.07) is 49.4. The fraction of sp³-hybridized carbons (Fsp3) is 0.263. The van der Waals surface area contributed by atoms with Crippen LogP contribution in [0.5, 0.6) is 0 Å². The first-order chi connectivity index (χ1) is 68.3. The smallest absolute Gasteiger partial charge is 0.345 e. The van der Waals surface area contributed by atoms with Gasteiger partial charge in [0.2, 0.25) is 0 Å². The number of nitrogens with zero attached hydrogens (tertiary/aromatic N) is 19. The van der Waals surface area contributed by atoms with Gasteiger partial charge in [-0.05, 0) is 157 Å². The van der Waals surface area contributed by atoms with Crippen LogP contribution in [0.25, 0.3) is 70.5 Å². The van der Waals surface area contributed by atoms with Crippen LogP contribution < -0.4 is 0 Å². The summed E-state index contributed by atoms with van der Waals surface area (Å²) < 4.78 is 279. The van der Waals surface area contributed by atoms with E-state index in [2.05, 4.69) is 30.6 Å². The highest BCUT2D eigenvalue weighted by atomic mass is 32.1. The number of nitro benzene ring substituents is 1. The molecule has 15 aromatic rings. The van der Waals surface area contributed by atoms with Gasteiger partial charge in [-0.2, -0.15) is 123 Å². The monoisotopic (exact) mass is 2150 g/mol. The van der Waals surface area contributed by atoms with Gasteiger partial charge in [0.25, 0.3) is 41.1 Å². The molecular weight excluding hydrogens is 2060 g/mol. The number of carbonyl (C=O) groups excluding carboxylic acids is 6.